The Kier molecular flexibility index (Phi) is 4.39. The highest BCUT2D eigenvalue weighted by Gasteiger charge is 2.40. The van der Waals surface area contributed by atoms with Crippen LogP contribution in [0.5, 0.6) is 0 Å². The minimum atomic E-state index is -0.444. The van der Waals surface area contributed by atoms with Crippen molar-refractivity contribution in [3.05, 3.63) is 28.8 Å². The molecular weight excluding hydrogens is 302 g/mol. The standard InChI is InChI=1S/C17H20ClNO3/c1-22-17(21)12-4-5-14(18)15(8-12)19-16(20)9-13-7-10-2-3-11(13)6-10/h4-5,8,10-11,13H,2-3,6-7,9H2,1H3,(H,19,20)/t10-,11-,13+/m0/s1. The Morgan fingerprint density at radius 2 is 2.14 bits per heavy atom. The molecule has 2 fully saturated rings. The summed E-state index contributed by atoms with van der Waals surface area (Å²) in [5.41, 5.74) is 0.847. The second kappa shape index (κ2) is 6.29. The van der Waals surface area contributed by atoms with Crippen LogP contribution in [0.4, 0.5) is 5.69 Å². The average molecular weight is 322 g/mol. The van der Waals surface area contributed by atoms with Crippen LogP contribution in [-0.4, -0.2) is 19.0 Å². The van der Waals surface area contributed by atoms with Crippen LogP contribution in [0.25, 0.3) is 0 Å². The highest BCUT2D eigenvalue weighted by Crippen LogP contribution is 2.49. The fraction of sp³-hybridized carbons (Fsp3) is 0.529. The molecule has 5 heteroatoms. The maximum atomic E-state index is 12.3. The summed E-state index contributed by atoms with van der Waals surface area (Å²) in [7, 11) is 1.32. The molecule has 0 saturated heterocycles. The first-order valence-corrected chi connectivity index (χ1v) is 8.12. The number of ether oxygens (including phenoxy) is 1. The average Bonchev–Trinajstić information content (AvgIpc) is 3.11. The van der Waals surface area contributed by atoms with Crippen molar-refractivity contribution in [2.24, 2.45) is 17.8 Å². The van der Waals surface area contributed by atoms with Gasteiger partial charge in [-0.3, -0.25) is 4.79 Å². The molecule has 2 aliphatic rings. The van der Waals surface area contributed by atoms with Crippen molar-refractivity contribution in [3.63, 3.8) is 0 Å². The summed E-state index contributed by atoms with van der Waals surface area (Å²) in [5, 5.41) is 3.26. The Morgan fingerprint density at radius 1 is 1.32 bits per heavy atom. The maximum Gasteiger partial charge on any atom is 0.337 e. The molecule has 1 N–H and O–H groups in total. The van der Waals surface area contributed by atoms with Gasteiger partial charge < -0.3 is 10.1 Å². The van der Waals surface area contributed by atoms with E-state index in [4.69, 9.17) is 11.6 Å². The van der Waals surface area contributed by atoms with Crippen LogP contribution in [0, 0.1) is 17.8 Å². The molecule has 3 rings (SSSR count). The summed E-state index contributed by atoms with van der Waals surface area (Å²) in [5.74, 6) is 1.57. The van der Waals surface area contributed by atoms with Gasteiger partial charge in [-0.2, -0.15) is 0 Å². The Bertz CT molecular complexity index is 602. The van der Waals surface area contributed by atoms with E-state index in [-0.39, 0.29) is 5.91 Å². The first kappa shape index (κ1) is 15.3. The number of halogens is 1. The number of anilines is 1. The van der Waals surface area contributed by atoms with Gasteiger partial charge in [0.15, 0.2) is 0 Å². The summed E-state index contributed by atoms with van der Waals surface area (Å²) in [6.07, 6.45) is 5.60. The van der Waals surface area contributed by atoms with Gasteiger partial charge in [-0.05, 0) is 55.2 Å². The molecule has 1 aromatic rings. The predicted octanol–water partition coefficient (Wildman–Crippen LogP) is 3.89. The van der Waals surface area contributed by atoms with Gasteiger partial charge in [-0.25, -0.2) is 4.79 Å². The van der Waals surface area contributed by atoms with Crippen molar-refractivity contribution in [2.75, 3.05) is 12.4 Å². The van der Waals surface area contributed by atoms with Crippen molar-refractivity contribution in [1.82, 2.24) is 0 Å². The quantitative estimate of drug-likeness (QED) is 0.856. The molecule has 0 heterocycles. The zero-order chi connectivity index (χ0) is 15.7. The number of benzene rings is 1. The lowest BCUT2D eigenvalue weighted by Gasteiger charge is -2.21. The van der Waals surface area contributed by atoms with E-state index in [2.05, 4.69) is 10.1 Å². The van der Waals surface area contributed by atoms with E-state index >= 15 is 0 Å². The second-order valence-corrected chi connectivity index (χ2v) is 6.78. The number of fused-ring (bicyclic) bond motifs is 2. The Morgan fingerprint density at radius 3 is 2.77 bits per heavy atom. The molecule has 1 aromatic carbocycles. The van der Waals surface area contributed by atoms with Crippen LogP contribution >= 0.6 is 11.6 Å². The molecule has 0 aliphatic heterocycles. The highest BCUT2D eigenvalue weighted by atomic mass is 35.5. The van der Waals surface area contributed by atoms with E-state index < -0.39 is 5.97 Å². The minimum absolute atomic E-state index is 0.0264. The van der Waals surface area contributed by atoms with Crippen LogP contribution in [0.2, 0.25) is 5.02 Å². The van der Waals surface area contributed by atoms with Crippen LogP contribution in [0.15, 0.2) is 18.2 Å². The van der Waals surface area contributed by atoms with E-state index in [1.165, 1.54) is 32.8 Å². The highest BCUT2D eigenvalue weighted by molar-refractivity contribution is 6.33. The van der Waals surface area contributed by atoms with Gasteiger partial charge in [-0.1, -0.05) is 18.0 Å². The van der Waals surface area contributed by atoms with Crippen molar-refractivity contribution in [2.45, 2.75) is 32.1 Å². The fourth-order valence-corrected chi connectivity index (χ4v) is 4.10. The number of hydrogen-bond acceptors (Lipinski definition) is 3. The smallest absolute Gasteiger partial charge is 0.337 e. The van der Waals surface area contributed by atoms with Crippen molar-refractivity contribution in [1.29, 1.82) is 0 Å². The van der Waals surface area contributed by atoms with Gasteiger partial charge >= 0.3 is 5.97 Å². The van der Waals surface area contributed by atoms with E-state index in [0.717, 1.165) is 5.92 Å². The topological polar surface area (TPSA) is 55.4 Å². The van der Waals surface area contributed by atoms with Gasteiger partial charge in [0.25, 0.3) is 0 Å². The molecule has 4 nitrogen and oxygen atoms in total. The van der Waals surface area contributed by atoms with Gasteiger partial charge in [0.05, 0.1) is 23.4 Å². The maximum absolute atomic E-state index is 12.3. The fourth-order valence-electron chi connectivity index (χ4n) is 3.93. The van der Waals surface area contributed by atoms with Gasteiger partial charge in [-0.15, -0.1) is 0 Å². The first-order chi connectivity index (χ1) is 10.6. The van der Waals surface area contributed by atoms with Crippen LogP contribution in [0.1, 0.15) is 42.5 Å². The lowest BCUT2D eigenvalue weighted by atomic mass is 9.86. The third-order valence-electron chi connectivity index (χ3n) is 4.99. The lowest BCUT2D eigenvalue weighted by molar-refractivity contribution is -0.117. The van der Waals surface area contributed by atoms with E-state index in [0.29, 0.717) is 34.5 Å². The number of esters is 1. The lowest BCUT2D eigenvalue weighted by Crippen LogP contribution is -2.20. The molecule has 2 aliphatic carbocycles. The third-order valence-corrected chi connectivity index (χ3v) is 5.32. The first-order valence-electron chi connectivity index (χ1n) is 7.74. The van der Waals surface area contributed by atoms with Crippen molar-refractivity contribution in [3.8, 4) is 0 Å². The number of carbonyl (C=O) groups is 2. The van der Waals surface area contributed by atoms with Crippen LogP contribution in [-0.2, 0) is 9.53 Å². The number of methoxy groups -OCH3 is 1. The summed E-state index contributed by atoms with van der Waals surface area (Å²) in [4.78, 5) is 23.8. The molecule has 1 amide bonds. The summed E-state index contributed by atoms with van der Waals surface area (Å²) in [6, 6.07) is 4.74. The number of nitrogens with one attached hydrogen (secondary N) is 1. The van der Waals surface area contributed by atoms with Crippen molar-refractivity contribution < 1.29 is 14.3 Å². The second-order valence-electron chi connectivity index (χ2n) is 6.37. The Hall–Kier alpha value is -1.55. The van der Waals surface area contributed by atoms with Gasteiger partial charge in [0.2, 0.25) is 5.91 Å². The predicted molar refractivity (Wildman–Crippen MR) is 85.0 cm³/mol. The van der Waals surface area contributed by atoms with Crippen LogP contribution < -0.4 is 5.32 Å². The largest absolute Gasteiger partial charge is 0.465 e. The summed E-state index contributed by atoms with van der Waals surface area (Å²) >= 11 is 6.10. The molecule has 2 saturated carbocycles. The third kappa shape index (κ3) is 3.12. The molecule has 118 valence electrons. The number of hydrogen-bond donors (Lipinski definition) is 1. The molecule has 22 heavy (non-hydrogen) atoms. The normalized spacial score (nSPS) is 26.0. The molecule has 0 unspecified atom stereocenters. The number of amides is 1. The molecule has 0 radical (unpaired) electrons. The Labute approximate surface area is 135 Å². The van der Waals surface area contributed by atoms with E-state index in [1.54, 1.807) is 18.2 Å². The minimum Gasteiger partial charge on any atom is -0.465 e. The molecule has 0 aromatic heterocycles. The zero-order valence-corrected chi connectivity index (χ0v) is 13.4. The summed E-state index contributed by atoms with van der Waals surface area (Å²) in [6.45, 7) is 0. The zero-order valence-electron chi connectivity index (χ0n) is 12.6. The molecule has 0 spiro atoms. The Balaban J connectivity index is 1.64. The monoisotopic (exact) mass is 321 g/mol. The number of rotatable bonds is 4. The van der Waals surface area contributed by atoms with Gasteiger partial charge in [0.1, 0.15) is 0 Å². The molecule has 2 bridgehead atoms. The molecular formula is C17H20ClNO3. The van der Waals surface area contributed by atoms with E-state index in [9.17, 15) is 9.59 Å². The number of carbonyl (C=O) groups excluding carboxylic acids is 2. The van der Waals surface area contributed by atoms with E-state index in [1.807, 2.05) is 0 Å². The summed E-state index contributed by atoms with van der Waals surface area (Å²) < 4.78 is 4.68. The van der Waals surface area contributed by atoms with Gasteiger partial charge in [0, 0.05) is 6.42 Å². The SMILES string of the molecule is COC(=O)c1ccc(Cl)c(NC(=O)C[C@H]2C[C@H]3CC[C@H]2C3)c1. The van der Waals surface area contributed by atoms with Crippen LogP contribution in [0.3, 0.4) is 0 Å². The molecule has 3 atom stereocenters. The van der Waals surface area contributed by atoms with Crippen molar-refractivity contribution >= 4 is 29.2 Å².